The molecule has 0 radical (unpaired) electrons. The molecule has 7 nitrogen and oxygen atoms in total. The zero-order valence-electron chi connectivity index (χ0n) is 14.9. The molecule has 1 amide bonds. The number of carbonyl (C=O) groups is 2. The lowest BCUT2D eigenvalue weighted by Crippen LogP contribution is -2.39. The van der Waals surface area contributed by atoms with E-state index in [9.17, 15) is 22.8 Å². The third-order valence-corrected chi connectivity index (χ3v) is 4.69. The standard InChI is InChI=1S/C18H18F3N3O4/c1-11-15(17(26)27)10-22-24(11)13-5-7-23(8-6-13)16(25)12-3-2-4-14(9-12)28-18(19,20)21/h2-4,9-10,13H,5-8H2,1H3,(H,26,27). The van der Waals surface area contributed by atoms with Gasteiger partial charge in [-0.15, -0.1) is 13.2 Å². The first-order chi connectivity index (χ1) is 13.2. The molecule has 10 heteroatoms. The Morgan fingerprint density at radius 1 is 1.25 bits per heavy atom. The number of piperidine rings is 1. The van der Waals surface area contributed by atoms with Crippen LogP contribution in [0.4, 0.5) is 13.2 Å². The van der Waals surface area contributed by atoms with Crippen molar-refractivity contribution >= 4 is 11.9 Å². The van der Waals surface area contributed by atoms with Gasteiger partial charge in [-0.05, 0) is 38.0 Å². The first-order valence-electron chi connectivity index (χ1n) is 8.58. The summed E-state index contributed by atoms with van der Waals surface area (Å²) in [6.45, 7) is 2.45. The van der Waals surface area contributed by atoms with Crippen molar-refractivity contribution in [3.8, 4) is 5.75 Å². The maximum Gasteiger partial charge on any atom is 0.573 e. The molecule has 3 rings (SSSR count). The summed E-state index contributed by atoms with van der Waals surface area (Å²) in [6.07, 6.45) is -2.39. The summed E-state index contributed by atoms with van der Waals surface area (Å²) in [4.78, 5) is 25.3. The highest BCUT2D eigenvalue weighted by molar-refractivity contribution is 5.94. The fourth-order valence-electron chi connectivity index (χ4n) is 3.32. The van der Waals surface area contributed by atoms with E-state index in [1.165, 1.54) is 18.3 Å². The molecular formula is C18H18F3N3O4. The van der Waals surface area contributed by atoms with Crippen molar-refractivity contribution in [1.82, 2.24) is 14.7 Å². The van der Waals surface area contributed by atoms with Crippen molar-refractivity contribution in [3.63, 3.8) is 0 Å². The minimum atomic E-state index is -4.82. The van der Waals surface area contributed by atoms with E-state index in [0.29, 0.717) is 31.6 Å². The number of likely N-dealkylation sites (tertiary alicyclic amines) is 1. The minimum absolute atomic E-state index is 0.0444. The number of rotatable bonds is 4. The lowest BCUT2D eigenvalue weighted by atomic mass is 10.0. The van der Waals surface area contributed by atoms with E-state index in [-0.39, 0.29) is 23.1 Å². The summed E-state index contributed by atoms with van der Waals surface area (Å²) >= 11 is 0. The van der Waals surface area contributed by atoms with Gasteiger partial charge in [-0.1, -0.05) is 6.07 Å². The van der Waals surface area contributed by atoms with Crippen molar-refractivity contribution in [2.24, 2.45) is 0 Å². The van der Waals surface area contributed by atoms with Crippen molar-refractivity contribution in [1.29, 1.82) is 0 Å². The molecule has 1 aromatic heterocycles. The lowest BCUT2D eigenvalue weighted by molar-refractivity contribution is -0.274. The SMILES string of the molecule is Cc1c(C(=O)O)cnn1C1CCN(C(=O)c2cccc(OC(F)(F)F)c2)CC1. The number of hydrogen-bond donors (Lipinski definition) is 1. The van der Waals surface area contributed by atoms with Crippen LogP contribution in [-0.4, -0.2) is 51.1 Å². The lowest BCUT2D eigenvalue weighted by Gasteiger charge is -2.32. The Labute approximate surface area is 158 Å². The predicted molar refractivity (Wildman–Crippen MR) is 91.2 cm³/mol. The van der Waals surface area contributed by atoms with Gasteiger partial charge in [0, 0.05) is 18.7 Å². The molecule has 1 fully saturated rings. The Kier molecular flexibility index (Phi) is 5.30. The summed E-state index contributed by atoms with van der Waals surface area (Å²) in [5.41, 5.74) is 0.804. The van der Waals surface area contributed by atoms with E-state index in [4.69, 9.17) is 5.11 Å². The predicted octanol–water partition coefficient (Wildman–Crippen LogP) is 3.27. The van der Waals surface area contributed by atoms with E-state index in [1.807, 2.05) is 0 Å². The topological polar surface area (TPSA) is 84.7 Å². The normalized spacial score (nSPS) is 15.5. The van der Waals surface area contributed by atoms with Gasteiger partial charge in [-0.2, -0.15) is 5.10 Å². The highest BCUT2D eigenvalue weighted by Gasteiger charge is 2.32. The third-order valence-electron chi connectivity index (χ3n) is 4.69. The second kappa shape index (κ2) is 7.53. The molecule has 2 heterocycles. The van der Waals surface area contributed by atoms with Gasteiger partial charge in [0.05, 0.1) is 17.9 Å². The molecule has 1 aliphatic heterocycles. The molecule has 1 aliphatic rings. The summed E-state index contributed by atoms with van der Waals surface area (Å²) in [5.74, 6) is -1.87. The molecule has 0 unspecified atom stereocenters. The molecule has 0 bridgehead atoms. The Bertz CT molecular complexity index is 886. The van der Waals surface area contributed by atoms with Gasteiger partial charge in [0.2, 0.25) is 0 Å². The smallest absolute Gasteiger partial charge is 0.478 e. The van der Waals surface area contributed by atoms with Crippen LogP contribution in [0.25, 0.3) is 0 Å². The maximum absolute atomic E-state index is 12.6. The number of hydrogen-bond acceptors (Lipinski definition) is 4. The Morgan fingerprint density at radius 3 is 2.50 bits per heavy atom. The molecule has 1 saturated heterocycles. The number of carbonyl (C=O) groups excluding carboxylic acids is 1. The first-order valence-corrected chi connectivity index (χ1v) is 8.58. The van der Waals surface area contributed by atoms with Crippen LogP contribution in [0.1, 0.15) is 45.3 Å². The van der Waals surface area contributed by atoms with Crippen molar-refractivity contribution in [2.75, 3.05) is 13.1 Å². The summed E-state index contributed by atoms with van der Waals surface area (Å²) < 4.78 is 42.6. The van der Waals surface area contributed by atoms with Crippen LogP contribution in [0.15, 0.2) is 30.5 Å². The molecule has 150 valence electrons. The maximum atomic E-state index is 12.6. The number of ether oxygens (including phenoxy) is 1. The van der Waals surface area contributed by atoms with Crippen molar-refractivity contribution < 1.29 is 32.6 Å². The summed E-state index contributed by atoms with van der Waals surface area (Å²) in [7, 11) is 0. The number of aromatic carboxylic acids is 1. The third kappa shape index (κ3) is 4.26. The molecule has 1 aromatic carbocycles. The Hall–Kier alpha value is -3.04. The molecule has 2 aromatic rings. The van der Waals surface area contributed by atoms with Crippen LogP contribution in [0.3, 0.4) is 0 Å². The van der Waals surface area contributed by atoms with Crippen molar-refractivity contribution in [2.45, 2.75) is 32.2 Å². The fourth-order valence-corrected chi connectivity index (χ4v) is 3.32. The van der Waals surface area contributed by atoms with Gasteiger partial charge in [0.25, 0.3) is 5.91 Å². The first kappa shape index (κ1) is 19.7. The highest BCUT2D eigenvalue weighted by atomic mass is 19.4. The van der Waals surface area contributed by atoms with Gasteiger partial charge < -0.3 is 14.7 Å². The zero-order chi connectivity index (χ0) is 20.5. The number of alkyl halides is 3. The molecular weight excluding hydrogens is 379 g/mol. The molecule has 0 saturated carbocycles. The molecule has 0 atom stereocenters. The average molecular weight is 397 g/mol. The number of aromatic nitrogens is 2. The average Bonchev–Trinajstić information content (AvgIpc) is 3.02. The fraction of sp³-hybridized carbons (Fsp3) is 0.389. The molecule has 28 heavy (non-hydrogen) atoms. The van der Waals surface area contributed by atoms with E-state index in [2.05, 4.69) is 9.84 Å². The highest BCUT2D eigenvalue weighted by Crippen LogP contribution is 2.27. The minimum Gasteiger partial charge on any atom is -0.478 e. The van der Waals surface area contributed by atoms with Crippen LogP contribution < -0.4 is 4.74 Å². The monoisotopic (exact) mass is 397 g/mol. The van der Waals surface area contributed by atoms with Crippen molar-refractivity contribution in [3.05, 3.63) is 47.3 Å². The zero-order valence-corrected chi connectivity index (χ0v) is 14.9. The second-order valence-electron chi connectivity index (χ2n) is 6.49. The largest absolute Gasteiger partial charge is 0.573 e. The Balaban J connectivity index is 1.66. The number of carboxylic acids is 1. The summed E-state index contributed by atoms with van der Waals surface area (Å²) in [5, 5.41) is 13.3. The molecule has 1 N–H and O–H groups in total. The number of benzene rings is 1. The summed E-state index contributed by atoms with van der Waals surface area (Å²) in [6, 6.07) is 4.93. The molecule has 0 aliphatic carbocycles. The molecule has 0 spiro atoms. The number of nitrogens with zero attached hydrogens (tertiary/aromatic N) is 3. The van der Waals surface area contributed by atoms with Gasteiger partial charge in [0.15, 0.2) is 0 Å². The Morgan fingerprint density at radius 2 is 1.93 bits per heavy atom. The van der Waals surface area contributed by atoms with Gasteiger partial charge in [0.1, 0.15) is 11.3 Å². The second-order valence-corrected chi connectivity index (χ2v) is 6.49. The van der Waals surface area contributed by atoms with Crippen LogP contribution in [0.2, 0.25) is 0 Å². The number of carboxylic acid groups (broad SMARTS) is 1. The van der Waals surface area contributed by atoms with Gasteiger partial charge >= 0.3 is 12.3 Å². The van der Waals surface area contributed by atoms with Gasteiger partial charge in [-0.25, -0.2) is 4.79 Å². The van der Waals surface area contributed by atoms with Crippen LogP contribution in [0, 0.1) is 6.92 Å². The van der Waals surface area contributed by atoms with E-state index in [1.54, 1.807) is 16.5 Å². The van der Waals surface area contributed by atoms with Crippen LogP contribution in [-0.2, 0) is 0 Å². The van der Waals surface area contributed by atoms with Gasteiger partial charge in [-0.3, -0.25) is 9.48 Å². The van der Waals surface area contributed by atoms with E-state index < -0.39 is 18.1 Å². The van der Waals surface area contributed by atoms with Crippen LogP contribution >= 0.6 is 0 Å². The number of amides is 1. The quantitative estimate of drug-likeness (QED) is 0.856. The van der Waals surface area contributed by atoms with E-state index >= 15 is 0 Å². The van der Waals surface area contributed by atoms with Crippen LogP contribution in [0.5, 0.6) is 5.75 Å². The number of halogens is 3. The van der Waals surface area contributed by atoms with E-state index in [0.717, 1.165) is 12.1 Å².